The number of aromatic nitrogens is 2. The molecule has 0 fully saturated rings. The Morgan fingerprint density at radius 1 is 1.21 bits per heavy atom. The molecular weight excluding hydrogens is 238 g/mol. The van der Waals surface area contributed by atoms with E-state index < -0.39 is 0 Å². The molecule has 0 saturated heterocycles. The molecule has 19 heavy (non-hydrogen) atoms. The van der Waals surface area contributed by atoms with E-state index in [1.807, 2.05) is 36.4 Å². The zero-order valence-electron chi connectivity index (χ0n) is 10.3. The topological polar surface area (TPSA) is 57.8 Å². The number of aldehydes is 1. The predicted octanol–water partition coefficient (Wildman–Crippen LogP) is 2.99. The minimum atomic E-state index is 0.626. The van der Waals surface area contributed by atoms with Gasteiger partial charge < -0.3 is 10.3 Å². The van der Waals surface area contributed by atoms with E-state index in [-0.39, 0.29) is 0 Å². The Balaban J connectivity index is 1.90. The monoisotopic (exact) mass is 251 g/mol. The van der Waals surface area contributed by atoms with Gasteiger partial charge in [0.05, 0.1) is 5.56 Å². The Morgan fingerprint density at radius 3 is 2.89 bits per heavy atom. The number of pyridine rings is 1. The fraction of sp³-hybridized carbons (Fsp3) is 0.0667. The van der Waals surface area contributed by atoms with Crippen LogP contribution in [0.3, 0.4) is 0 Å². The van der Waals surface area contributed by atoms with Crippen LogP contribution in [0.25, 0.3) is 10.9 Å². The van der Waals surface area contributed by atoms with E-state index in [2.05, 4.69) is 15.3 Å². The lowest BCUT2D eigenvalue weighted by Gasteiger charge is -2.04. The van der Waals surface area contributed by atoms with Gasteiger partial charge in [0.1, 0.15) is 5.82 Å². The van der Waals surface area contributed by atoms with Crippen molar-refractivity contribution in [2.45, 2.75) is 6.54 Å². The highest BCUT2D eigenvalue weighted by molar-refractivity contribution is 6.03. The SMILES string of the molecule is O=Cc1c(NCc2cccnc2)[nH]c2ccccc12. The van der Waals surface area contributed by atoms with E-state index in [4.69, 9.17) is 0 Å². The third-order valence-corrected chi connectivity index (χ3v) is 3.06. The molecule has 0 spiro atoms. The van der Waals surface area contributed by atoms with Crippen molar-refractivity contribution in [2.24, 2.45) is 0 Å². The van der Waals surface area contributed by atoms with Gasteiger partial charge in [0.25, 0.3) is 0 Å². The van der Waals surface area contributed by atoms with Crippen molar-refractivity contribution < 1.29 is 4.79 Å². The Labute approximate surface area is 110 Å². The van der Waals surface area contributed by atoms with Crippen LogP contribution in [0.2, 0.25) is 0 Å². The number of nitrogens with one attached hydrogen (secondary N) is 2. The zero-order chi connectivity index (χ0) is 13.1. The van der Waals surface area contributed by atoms with E-state index >= 15 is 0 Å². The van der Waals surface area contributed by atoms with E-state index in [9.17, 15) is 4.79 Å². The van der Waals surface area contributed by atoms with E-state index in [1.54, 1.807) is 12.4 Å². The molecule has 0 saturated carbocycles. The molecule has 0 atom stereocenters. The summed E-state index contributed by atoms with van der Waals surface area (Å²) in [5.41, 5.74) is 2.69. The van der Waals surface area contributed by atoms with Crippen molar-refractivity contribution in [3.05, 3.63) is 59.9 Å². The van der Waals surface area contributed by atoms with Crippen molar-refractivity contribution in [3.8, 4) is 0 Å². The highest BCUT2D eigenvalue weighted by Crippen LogP contribution is 2.24. The first-order chi connectivity index (χ1) is 9.38. The summed E-state index contributed by atoms with van der Waals surface area (Å²) in [6.45, 7) is 0.626. The Bertz CT molecular complexity index is 704. The quantitative estimate of drug-likeness (QED) is 0.701. The summed E-state index contributed by atoms with van der Waals surface area (Å²) in [5, 5.41) is 4.18. The molecule has 4 nitrogen and oxygen atoms in total. The average Bonchev–Trinajstić information content (AvgIpc) is 2.83. The molecule has 4 heteroatoms. The van der Waals surface area contributed by atoms with E-state index in [0.29, 0.717) is 12.1 Å². The summed E-state index contributed by atoms with van der Waals surface area (Å²) in [6.07, 6.45) is 4.42. The lowest BCUT2D eigenvalue weighted by atomic mass is 10.2. The number of benzene rings is 1. The normalized spacial score (nSPS) is 10.5. The van der Waals surface area contributed by atoms with Gasteiger partial charge in [0.15, 0.2) is 6.29 Å². The maximum absolute atomic E-state index is 11.2. The van der Waals surface area contributed by atoms with Crippen molar-refractivity contribution in [1.29, 1.82) is 0 Å². The largest absolute Gasteiger partial charge is 0.367 e. The second-order valence-electron chi connectivity index (χ2n) is 4.29. The Hall–Kier alpha value is -2.62. The smallest absolute Gasteiger partial charge is 0.154 e. The third-order valence-electron chi connectivity index (χ3n) is 3.06. The summed E-state index contributed by atoms with van der Waals surface area (Å²) in [7, 11) is 0. The van der Waals surface area contributed by atoms with E-state index in [0.717, 1.165) is 28.6 Å². The molecule has 2 N–H and O–H groups in total. The number of carbonyl (C=O) groups is 1. The highest BCUT2D eigenvalue weighted by atomic mass is 16.1. The number of carbonyl (C=O) groups excluding carboxylic acids is 1. The van der Waals surface area contributed by atoms with Gasteiger partial charge in [-0.25, -0.2) is 0 Å². The molecule has 3 aromatic rings. The van der Waals surface area contributed by atoms with Crippen LogP contribution in [-0.4, -0.2) is 16.3 Å². The van der Waals surface area contributed by atoms with E-state index in [1.165, 1.54) is 0 Å². The van der Waals surface area contributed by atoms with Gasteiger partial charge in [0.2, 0.25) is 0 Å². The number of para-hydroxylation sites is 1. The number of nitrogens with zero attached hydrogens (tertiary/aromatic N) is 1. The molecule has 0 bridgehead atoms. The molecule has 0 unspecified atom stereocenters. The standard InChI is InChI=1S/C15H13N3O/c19-10-13-12-5-1-2-6-14(12)18-15(13)17-9-11-4-3-7-16-8-11/h1-8,10,17-18H,9H2. The minimum absolute atomic E-state index is 0.626. The first kappa shape index (κ1) is 11.5. The lowest BCUT2D eigenvalue weighted by Crippen LogP contribution is -2.01. The highest BCUT2D eigenvalue weighted by Gasteiger charge is 2.09. The van der Waals surface area contributed by atoms with Gasteiger partial charge in [0, 0.05) is 29.8 Å². The predicted molar refractivity (Wildman–Crippen MR) is 75.2 cm³/mol. The van der Waals surface area contributed by atoms with Crippen LogP contribution in [0.15, 0.2) is 48.8 Å². The maximum atomic E-state index is 11.2. The number of H-pyrrole nitrogens is 1. The van der Waals surface area contributed by atoms with Crippen molar-refractivity contribution >= 4 is 23.0 Å². The first-order valence-electron chi connectivity index (χ1n) is 6.07. The van der Waals surface area contributed by atoms with Crippen LogP contribution >= 0.6 is 0 Å². The molecule has 2 heterocycles. The van der Waals surface area contributed by atoms with Crippen molar-refractivity contribution in [1.82, 2.24) is 9.97 Å². The van der Waals surface area contributed by atoms with Crippen LogP contribution in [0.5, 0.6) is 0 Å². The van der Waals surface area contributed by atoms with Gasteiger partial charge in [-0.3, -0.25) is 9.78 Å². The fourth-order valence-corrected chi connectivity index (χ4v) is 2.12. The molecule has 3 rings (SSSR count). The summed E-state index contributed by atoms with van der Waals surface area (Å²) in [6, 6.07) is 11.6. The van der Waals surface area contributed by atoms with Crippen molar-refractivity contribution in [2.75, 3.05) is 5.32 Å². The summed E-state index contributed by atoms with van der Waals surface area (Å²) in [5.74, 6) is 0.750. The Kier molecular flexibility index (Phi) is 2.98. The second-order valence-corrected chi connectivity index (χ2v) is 4.29. The molecule has 0 radical (unpaired) electrons. The summed E-state index contributed by atoms with van der Waals surface area (Å²) in [4.78, 5) is 18.5. The van der Waals surface area contributed by atoms with Crippen LogP contribution < -0.4 is 5.32 Å². The zero-order valence-corrected chi connectivity index (χ0v) is 10.3. The molecule has 0 aliphatic heterocycles. The van der Waals surface area contributed by atoms with Gasteiger partial charge in [-0.2, -0.15) is 0 Å². The number of fused-ring (bicyclic) bond motifs is 1. The molecule has 0 aliphatic rings. The van der Waals surface area contributed by atoms with Crippen molar-refractivity contribution in [3.63, 3.8) is 0 Å². The molecule has 94 valence electrons. The molecule has 0 aliphatic carbocycles. The second kappa shape index (κ2) is 4.94. The number of anilines is 1. The average molecular weight is 251 g/mol. The van der Waals surface area contributed by atoms with Crippen LogP contribution in [-0.2, 0) is 6.54 Å². The third kappa shape index (κ3) is 2.20. The number of aromatic amines is 1. The van der Waals surface area contributed by atoms with Crippen LogP contribution in [0.4, 0.5) is 5.82 Å². The van der Waals surface area contributed by atoms with Gasteiger partial charge >= 0.3 is 0 Å². The minimum Gasteiger partial charge on any atom is -0.367 e. The summed E-state index contributed by atoms with van der Waals surface area (Å²) < 4.78 is 0. The molecule has 2 aromatic heterocycles. The fourth-order valence-electron chi connectivity index (χ4n) is 2.12. The number of hydrogen-bond donors (Lipinski definition) is 2. The van der Waals surface area contributed by atoms with Gasteiger partial charge in [-0.15, -0.1) is 0 Å². The van der Waals surface area contributed by atoms with Crippen LogP contribution in [0.1, 0.15) is 15.9 Å². The lowest BCUT2D eigenvalue weighted by molar-refractivity contribution is 0.112. The van der Waals surface area contributed by atoms with Gasteiger partial charge in [-0.1, -0.05) is 24.3 Å². The summed E-state index contributed by atoms with van der Waals surface area (Å²) >= 11 is 0. The molecular formula is C15H13N3O. The first-order valence-corrected chi connectivity index (χ1v) is 6.07. The maximum Gasteiger partial charge on any atom is 0.154 e. The van der Waals surface area contributed by atoms with Crippen LogP contribution in [0, 0.1) is 0 Å². The molecule has 1 aromatic carbocycles. The molecule has 0 amide bonds. The number of rotatable bonds is 4. The number of hydrogen-bond acceptors (Lipinski definition) is 3. The van der Waals surface area contributed by atoms with Gasteiger partial charge in [-0.05, 0) is 17.7 Å². The Morgan fingerprint density at radius 2 is 2.11 bits per heavy atom.